The quantitative estimate of drug-likeness (QED) is 0.518. The molecule has 4 rings (SSSR count). The minimum Gasteiger partial charge on any atom is -0.462 e. The topological polar surface area (TPSA) is 60.2 Å². The van der Waals surface area contributed by atoms with E-state index in [2.05, 4.69) is 15.3 Å². The number of anilines is 1. The summed E-state index contributed by atoms with van der Waals surface area (Å²) >= 11 is 1.59. The van der Waals surface area contributed by atoms with Crippen molar-refractivity contribution in [2.45, 2.75) is 6.54 Å². The zero-order valence-electron chi connectivity index (χ0n) is 13.3. The molecule has 3 heterocycles. The summed E-state index contributed by atoms with van der Waals surface area (Å²) < 4.78 is 11.1. The third kappa shape index (κ3) is 3.87. The Labute approximate surface area is 149 Å². The van der Waals surface area contributed by atoms with E-state index < -0.39 is 0 Å². The Morgan fingerprint density at radius 1 is 0.920 bits per heavy atom. The molecule has 0 saturated heterocycles. The van der Waals surface area contributed by atoms with Crippen molar-refractivity contribution in [3.8, 4) is 22.3 Å². The van der Waals surface area contributed by atoms with Crippen LogP contribution in [0, 0.1) is 0 Å². The van der Waals surface area contributed by atoms with Crippen LogP contribution in [-0.4, -0.2) is 9.97 Å². The number of furan rings is 1. The fraction of sp³-hybridized carbons (Fsp3) is 0.0526. The number of nitrogens with one attached hydrogen (secondary N) is 1. The molecular formula is C19H15N3O2S. The van der Waals surface area contributed by atoms with Crippen molar-refractivity contribution in [3.05, 3.63) is 78.1 Å². The number of benzene rings is 1. The van der Waals surface area contributed by atoms with Gasteiger partial charge >= 0.3 is 0 Å². The lowest BCUT2D eigenvalue weighted by atomic mass is 10.3. The van der Waals surface area contributed by atoms with Gasteiger partial charge in [-0.25, -0.2) is 9.97 Å². The Morgan fingerprint density at radius 2 is 1.84 bits per heavy atom. The van der Waals surface area contributed by atoms with Gasteiger partial charge in [0.2, 0.25) is 0 Å². The van der Waals surface area contributed by atoms with Crippen LogP contribution in [0.4, 0.5) is 5.82 Å². The van der Waals surface area contributed by atoms with E-state index in [1.807, 2.05) is 60.8 Å². The molecule has 1 aromatic carbocycles. The Bertz CT molecular complexity index is 919. The van der Waals surface area contributed by atoms with E-state index in [-0.39, 0.29) is 0 Å². The van der Waals surface area contributed by atoms with Crippen molar-refractivity contribution in [2.24, 2.45) is 0 Å². The highest BCUT2D eigenvalue weighted by molar-refractivity contribution is 7.14. The number of hydrogen-bond acceptors (Lipinski definition) is 6. The first kappa shape index (κ1) is 15.4. The number of thiazole rings is 1. The predicted octanol–water partition coefficient (Wildman–Crippen LogP) is 5.20. The lowest BCUT2D eigenvalue weighted by Crippen LogP contribution is -1.99. The Morgan fingerprint density at radius 3 is 2.60 bits per heavy atom. The number of nitrogens with zero attached hydrogens (tertiary/aromatic N) is 2. The molecule has 0 saturated carbocycles. The van der Waals surface area contributed by atoms with Crippen molar-refractivity contribution < 1.29 is 9.15 Å². The van der Waals surface area contributed by atoms with Crippen molar-refractivity contribution in [3.63, 3.8) is 0 Å². The molecule has 0 radical (unpaired) electrons. The average molecular weight is 349 g/mol. The zero-order valence-corrected chi connectivity index (χ0v) is 14.1. The lowest BCUT2D eigenvalue weighted by Gasteiger charge is -2.07. The van der Waals surface area contributed by atoms with Crippen molar-refractivity contribution >= 4 is 17.2 Å². The fourth-order valence-corrected chi connectivity index (χ4v) is 3.07. The van der Waals surface area contributed by atoms with E-state index in [0.29, 0.717) is 12.3 Å². The normalized spacial score (nSPS) is 10.6. The smallest absolute Gasteiger partial charge is 0.162 e. The summed E-state index contributed by atoms with van der Waals surface area (Å²) in [5.74, 6) is 3.07. The summed E-state index contributed by atoms with van der Waals surface area (Å²) in [6, 6.07) is 17.2. The second kappa shape index (κ2) is 7.19. The number of rotatable bonds is 6. The second-order valence-electron chi connectivity index (χ2n) is 5.26. The second-order valence-corrected chi connectivity index (χ2v) is 6.37. The molecule has 0 fully saturated rings. The van der Waals surface area contributed by atoms with Gasteiger partial charge in [0.05, 0.1) is 19.0 Å². The molecule has 0 aliphatic rings. The van der Waals surface area contributed by atoms with Gasteiger partial charge in [-0.3, -0.25) is 0 Å². The molecule has 0 amide bonds. The molecule has 0 unspecified atom stereocenters. The highest BCUT2D eigenvalue weighted by atomic mass is 32.1. The van der Waals surface area contributed by atoms with Crippen LogP contribution in [0.3, 0.4) is 0 Å². The molecule has 1 N–H and O–H groups in total. The molecule has 5 nitrogen and oxygen atoms in total. The Kier molecular flexibility index (Phi) is 4.43. The zero-order chi connectivity index (χ0) is 16.9. The molecule has 3 aromatic heterocycles. The highest BCUT2D eigenvalue weighted by Gasteiger charge is 2.07. The van der Waals surface area contributed by atoms with E-state index in [4.69, 9.17) is 9.15 Å². The molecule has 4 aromatic rings. The first-order chi connectivity index (χ1) is 12.4. The number of pyridine rings is 1. The van der Waals surface area contributed by atoms with Crippen LogP contribution in [0.2, 0.25) is 0 Å². The highest BCUT2D eigenvalue weighted by Crippen LogP contribution is 2.26. The molecule has 0 aliphatic carbocycles. The van der Waals surface area contributed by atoms with Crippen LogP contribution in [0.5, 0.6) is 11.5 Å². The monoisotopic (exact) mass is 349 g/mol. The van der Waals surface area contributed by atoms with Gasteiger partial charge in [-0.2, -0.15) is 0 Å². The molecule has 0 bridgehead atoms. The number of hydrogen-bond donors (Lipinski definition) is 1. The van der Waals surface area contributed by atoms with Crippen LogP contribution in [0.25, 0.3) is 10.8 Å². The van der Waals surface area contributed by atoms with Crippen molar-refractivity contribution in [1.82, 2.24) is 9.97 Å². The molecule has 25 heavy (non-hydrogen) atoms. The van der Waals surface area contributed by atoms with E-state index in [9.17, 15) is 0 Å². The number of ether oxygens (including phenoxy) is 1. The van der Waals surface area contributed by atoms with E-state index in [1.54, 1.807) is 23.8 Å². The van der Waals surface area contributed by atoms with Crippen LogP contribution < -0.4 is 10.1 Å². The van der Waals surface area contributed by atoms with Crippen LogP contribution in [0.15, 0.2) is 77.7 Å². The minimum atomic E-state index is 0.657. The first-order valence-electron chi connectivity index (χ1n) is 7.78. The third-order valence-electron chi connectivity index (χ3n) is 3.44. The molecule has 0 aliphatic heterocycles. The van der Waals surface area contributed by atoms with Gasteiger partial charge in [-0.05, 0) is 36.4 Å². The van der Waals surface area contributed by atoms with Crippen LogP contribution >= 0.6 is 11.3 Å². The maximum absolute atomic E-state index is 5.73. The maximum atomic E-state index is 5.73. The Balaban J connectivity index is 1.35. The van der Waals surface area contributed by atoms with Crippen LogP contribution in [-0.2, 0) is 6.54 Å². The Hall–Kier alpha value is -3.12. The maximum Gasteiger partial charge on any atom is 0.162 e. The van der Waals surface area contributed by atoms with Gasteiger partial charge in [-0.15, -0.1) is 11.3 Å². The first-order valence-corrected chi connectivity index (χ1v) is 8.60. The number of para-hydroxylation sites is 1. The fourth-order valence-electron chi connectivity index (χ4n) is 2.25. The largest absolute Gasteiger partial charge is 0.462 e. The van der Waals surface area contributed by atoms with Gasteiger partial charge in [-0.1, -0.05) is 18.2 Å². The molecule has 124 valence electrons. The van der Waals surface area contributed by atoms with Gasteiger partial charge in [0.1, 0.15) is 17.3 Å². The predicted molar refractivity (Wildman–Crippen MR) is 97.9 cm³/mol. The van der Waals surface area contributed by atoms with Crippen molar-refractivity contribution in [1.29, 1.82) is 0 Å². The van der Waals surface area contributed by atoms with E-state index >= 15 is 0 Å². The molecule has 0 spiro atoms. The standard InChI is InChI=1S/C19H15N3O2S/c1-2-5-14(6-3-1)24-15-8-9-18(20-11-15)21-12-16-13-22-19(25-16)17-7-4-10-23-17/h1-11,13H,12H2,(H,20,21). The average Bonchev–Trinajstić information content (AvgIpc) is 3.34. The summed E-state index contributed by atoms with van der Waals surface area (Å²) in [6.45, 7) is 0.657. The van der Waals surface area contributed by atoms with E-state index in [1.165, 1.54) is 0 Å². The molecule has 6 heteroatoms. The molecule has 0 atom stereocenters. The summed E-state index contributed by atoms with van der Waals surface area (Å²) in [5, 5.41) is 4.16. The van der Waals surface area contributed by atoms with Gasteiger partial charge in [0.25, 0.3) is 0 Å². The SMILES string of the molecule is c1ccc(Oc2ccc(NCc3cnc(-c4ccco4)s3)nc2)cc1. The summed E-state index contributed by atoms with van der Waals surface area (Å²) in [5.41, 5.74) is 0. The van der Waals surface area contributed by atoms with Gasteiger partial charge in [0.15, 0.2) is 10.8 Å². The summed E-state index contributed by atoms with van der Waals surface area (Å²) in [7, 11) is 0. The minimum absolute atomic E-state index is 0.657. The summed E-state index contributed by atoms with van der Waals surface area (Å²) in [4.78, 5) is 9.86. The molecular weight excluding hydrogens is 334 g/mol. The van der Waals surface area contributed by atoms with Crippen LogP contribution in [0.1, 0.15) is 4.88 Å². The van der Waals surface area contributed by atoms with Gasteiger partial charge in [0, 0.05) is 11.1 Å². The summed E-state index contributed by atoms with van der Waals surface area (Å²) in [6.07, 6.45) is 5.20. The number of aromatic nitrogens is 2. The third-order valence-corrected chi connectivity index (χ3v) is 4.46. The lowest BCUT2D eigenvalue weighted by molar-refractivity contribution is 0.480. The van der Waals surface area contributed by atoms with E-state index in [0.717, 1.165) is 27.2 Å². The van der Waals surface area contributed by atoms with Gasteiger partial charge < -0.3 is 14.5 Å². The van der Waals surface area contributed by atoms with Crippen molar-refractivity contribution in [2.75, 3.05) is 5.32 Å².